The summed E-state index contributed by atoms with van der Waals surface area (Å²) in [6, 6.07) is 4.50. The van der Waals surface area contributed by atoms with E-state index in [1.807, 2.05) is 0 Å². The molecule has 2 atom stereocenters. The normalized spacial score (nSPS) is 22.4. The van der Waals surface area contributed by atoms with Crippen molar-refractivity contribution in [3.05, 3.63) is 24.0 Å². The van der Waals surface area contributed by atoms with Crippen LogP contribution in [0, 0.1) is 11.7 Å². The first-order valence-electron chi connectivity index (χ1n) is 7.23. The van der Waals surface area contributed by atoms with E-state index in [1.165, 1.54) is 12.1 Å². The predicted octanol–water partition coefficient (Wildman–Crippen LogP) is 2.17. The fourth-order valence-electron chi connectivity index (χ4n) is 2.96. The summed E-state index contributed by atoms with van der Waals surface area (Å²) >= 11 is 0. The molecule has 1 aromatic carbocycles. The zero-order valence-corrected chi connectivity index (χ0v) is 12.0. The summed E-state index contributed by atoms with van der Waals surface area (Å²) < 4.78 is 15.0. The van der Waals surface area contributed by atoms with Crippen molar-refractivity contribution in [2.45, 2.75) is 31.7 Å². The Morgan fingerprint density at radius 1 is 1.48 bits per heavy atom. The monoisotopic (exact) mass is 290 g/mol. The minimum absolute atomic E-state index is 0.0518. The summed E-state index contributed by atoms with van der Waals surface area (Å²) in [5.74, 6) is -0.00852. The second-order valence-corrected chi connectivity index (χ2v) is 5.74. The lowest BCUT2D eigenvalue weighted by atomic mass is 9.85. The molecule has 112 valence electrons. The van der Waals surface area contributed by atoms with Gasteiger partial charge >= 0.3 is 0 Å². The molecule has 0 aliphatic heterocycles. The van der Waals surface area contributed by atoms with Gasteiger partial charge in [-0.2, -0.15) is 0 Å². The number of carbonyl (C=O) groups is 1. The first kappa shape index (κ1) is 14.0. The Balaban J connectivity index is 1.81. The molecule has 1 fully saturated rings. The minimum atomic E-state index is -0.336. The number of anilines is 1. The number of carbonyl (C=O) groups excluding carboxylic acids is 1. The standard InChI is InChI=1S/C15H19FN4O/c1-20-13-6-5-10(16)8-12(13)18-15(20)19-14(21)9-3-2-4-11(17)7-9/h5-6,8-9,11H,2-4,7,17H2,1H3,(H,18,19,21). The Hall–Kier alpha value is -1.95. The molecule has 2 aromatic rings. The van der Waals surface area contributed by atoms with Gasteiger partial charge in [-0.15, -0.1) is 0 Å². The number of hydrogen-bond acceptors (Lipinski definition) is 3. The molecule has 0 spiro atoms. The van der Waals surface area contributed by atoms with Crippen molar-refractivity contribution in [3.63, 3.8) is 0 Å². The Bertz CT molecular complexity index is 682. The molecule has 1 amide bonds. The molecule has 0 saturated heterocycles. The van der Waals surface area contributed by atoms with Gasteiger partial charge in [-0.05, 0) is 31.4 Å². The van der Waals surface area contributed by atoms with E-state index in [0.717, 1.165) is 24.8 Å². The molecular weight excluding hydrogens is 271 g/mol. The molecule has 2 unspecified atom stereocenters. The highest BCUT2D eigenvalue weighted by atomic mass is 19.1. The number of nitrogens with one attached hydrogen (secondary N) is 1. The smallest absolute Gasteiger partial charge is 0.229 e. The van der Waals surface area contributed by atoms with Crippen LogP contribution in [0.25, 0.3) is 11.0 Å². The maximum atomic E-state index is 13.2. The Morgan fingerprint density at radius 3 is 3.05 bits per heavy atom. The average molecular weight is 290 g/mol. The van der Waals surface area contributed by atoms with Crippen LogP contribution in [0.15, 0.2) is 18.2 Å². The van der Waals surface area contributed by atoms with Crippen LogP contribution in [0.4, 0.5) is 10.3 Å². The number of imidazole rings is 1. The van der Waals surface area contributed by atoms with Gasteiger partial charge in [0.15, 0.2) is 0 Å². The second-order valence-electron chi connectivity index (χ2n) is 5.74. The van der Waals surface area contributed by atoms with Crippen molar-refractivity contribution in [2.24, 2.45) is 18.7 Å². The van der Waals surface area contributed by atoms with Crippen LogP contribution in [0.1, 0.15) is 25.7 Å². The van der Waals surface area contributed by atoms with Gasteiger partial charge in [0.25, 0.3) is 0 Å². The van der Waals surface area contributed by atoms with Gasteiger partial charge in [0.1, 0.15) is 5.82 Å². The number of amides is 1. The summed E-state index contributed by atoms with van der Waals surface area (Å²) in [6.07, 6.45) is 3.53. The lowest BCUT2D eigenvalue weighted by Gasteiger charge is -2.25. The highest BCUT2D eigenvalue weighted by Gasteiger charge is 2.26. The summed E-state index contributed by atoms with van der Waals surface area (Å²) in [5, 5.41) is 2.84. The van der Waals surface area contributed by atoms with E-state index in [9.17, 15) is 9.18 Å². The summed E-state index contributed by atoms with van der Waals surface area (Å²) in [5.41, 5.74) is 7.24. The number of aromatic nitrogens is 2. The minimum Gasteiger partial charge on any atom is -0.328 e. The topological polar surface area (TPSA) is 72.9 Å². The molecule has 5 nitrogen and oxygen atoms in total. The van der Waals surface area contributed by atoms with Crippen LogP contribution in [0.3, 0.4) is 0 Å². The predicted molar refractivity (Wildman–Crippen MR) is 79.2 cm³/mol. The molecule has 1 aliphatic rings. The Morgan fingerprint density at radius 2 is 2.29 bits per heavy atom. The van der Waals surface area contributed by atoms with Gasteiger partial charge in [-0.3, -0.25) is 10.1 Å². The summed E-state index contributed by atoms with van der Waals surface area (Å²) in [4.78, 5) is 16.6. The van der Waals surface area contributed by atoms with Crippen molar-refractivity contribution in [3.8, 4) is 0 Å². The highest BCUT2D eigenvalue weighted by Crippen LogP contribution is 2.25. The van der Waals surface area contributed by atoms with Crippen LogP contribution < -0.4 is 11.1 Å². The van der Waals surface area contributed by atoms with Crippen LogP contribution in [0.5, 0.6) is 0 Å². The molecule has 3 rings (SSSR count). The van der Waals surface area contributed by atoms with Crippen molar-refractivity contribution >= 4 is 22.9 Å². The third-order valence-corrected chi connectivity index (χ3v) is 4.16. The molecule has 1 aromatic heterocycles. The summed E-state index contributed by atoms with van der Waals surface area (Å²) in [6.45, 7) is 0. The van der Waals surface area contributed by atoms with Crippen molar-refractivity contribution in [1.29, 1.82) is 0 Å². The average Bonchev–Trinajstić information content (AvgIpc) is 2.74. The van der Waals surface area contributed by atoms with Crippen LogP contribution in [0.2, 0.25) is 0 Å². The second kappa shape index (κ2) is 5.44. The van der Waals surface area contributed by atoms with E-state index in [4.69, 9.17) is 5.73 Å². The van der Waals surface area contributed by atoms with Gasteiger partial charge in [-0.1, -0.05) is 6.42 Å². The number of benzene rings is 1. The molecule has 0 bridgehead atoms. The molecule has 21 heavy (non-hydrogen) atoms. The van der Waals surface area contributed by atoms with Gasteiger partial charge in [0.2, 0.25) is 11.9 Å². The SMILES string of the molecule is Cn1c(NC(=O)C2CCCC(N)C2)nc2cc(F)ccc21. The van der Waals surface area contributed by atoms with E-state index in [1.54, 1.807) is 17.7 Å². The van der Waals surface area contributed by atoms with E-state index in [-0.39, 0.29) is 23.7 Å². The number of aryl methyl sites for hydroxylation is 1. The molecule has 1 aliphatic carbocycles. The van der Waals surface area contributed by atoms with Crippen molar-refractivity contribution < 1.29 is 9.18 Å². The highest BCUT2D eigenvalue weighted by molar-refractivity contribution is 5.93. The lowest BCUT2D eigenvalue weighted by molar-refractivity contribution is -0.121. The molecule has 3 N–H and O–H groups in total. The molecule has 6 heteroatoms. The van der Waals surface area contributed by atoms with Crippen LogP contribution in [-0.4, -0.2) is 21.5 Å². The quantitative estimate of drug-likeness (QED) is 0.890. The van der Waals surface area contributed by atoms with E-state index < -0.39 is 0 Å². The number of fused-ring (bicyclic) bond motifs is 1. The third-order valence-electron chi connectivity index (χ3n) is 4.16. The fourth-order valence-corrected chi connectivity index (χ4v) is 2.96. The number of hydrogen-bond donors (Lipinski definition) is 2. The van der Waals surface area contributed by atoms with E-state index >= 15 is 0 Å². The molecule has 0 radical (unpaired) electrons. The first-order chi connectivity index (χ1) is 10.0. The zero-order valence-electron chi connectivity index (χ0n) is 12.0. The van der Waals surface area contributed by atoms with Crippen LogP contribution in [-0.2, 0) is 11.8 Å². The van der Waals surface area contributed by atoms with E-state index in [2.05, 4.69) is 10.3 Å². The van der Waals surface area contributed by atoms with E-state index in [0.29, 0.717) is 17.9 Å². The Labute approximate surface area is 122 Å². The van der Waals surface area contributed by atoms with Gasteiger partial charge in [-0.25, -0.2) is 9.37 Å². The molecular formula is C15H19FN4O. The Kier molecular flexibility index (Phi) is 3.63. The largest absolute Gasteiger partial charge is 0.328 e. The first-order valence-corrected chi connectivity index (χ1v) is 7.23. The van der Waals surface area contributed by atoms with Gasteiger partial charge in [0, 0.05) is 25.1 Å². The van der Waals surface area contributed by atoms with Gasteiger partial charge < -0.3 is 10.3 Å². The lowest BCUT2D eigenvalue weighted by Crippen LogP contribution is -2.34. The van der Waals surface area contributed by atoms with Crippen LogP contribution >= 0.6 is 0 Å². The fraction of sp³-hybridized carbons (Fsp3) is 0.467. The van der Waals surface area contributed by atoms with Crippen molar-refractivity contribution in [2.75, 3.05) is 5.32 Å². The number of nitrogens with zero attached hydrogens (tertiary/aromatic N) is 2. The third kappa shape index (κ3) is 2.76. The zero-order chi connectivity index (χ0) is 15.0. The maximum Gasteiger partial charge on any atom is 0.229 e. The number of rotatable bonds is 2. The molecule has 1 heterocycles. The maximum absolute atomic E-state index is 13.2. The number of halogens is 1. The molecule has 1 saturated carbocycles. The van der Waals surface area contributed by atoms with Gasteiger partial charge in [0.05, 0.1) is 11.0 Å². The summed E-state index contributed by atoms with van der Waals surface area (Å²) in [7, 11) is 1.80. The number of nitrogens with two attached hydrogens (primary N) is 1. The van der Waals surface area contributed by atoms with Crippen molar-refractivity contribution in [1.82, 2.24) is 9.55 Å².